The summed E-state index contributed by atoms with van der Waals surface area (Å²) in [5, 5.41) is 8.99. The van der Waals surface area contributed by atoms with Crippen LogP contribution >= 0.6 is 0 Å². The van der Waals surface area contributed by atoms with Crippen molar-refractivity contribution in [3.63, 3.8) is 0 Å². The molecule has 0 bridgehead atoms. The molecule has 106 valence electrons. The van der Waals surface area contributed by atoms with Crippen LogP contribution in [-0.4, -0.2) is 20.1 Å². The summed E-state index contributed by atoms with van der Waals surface area (Å²) in [4.78, 5) is 0.113. The first-order valence-electron chi connectivity index (χ1n) is 6.23. The van der Waals surface area contributed by atoms with Crippen LogP contribution in [-0.2, 0) is 16.5 Å². The van der Waals surface area contributed by atoms with Gasteiger partial charge in [-0.3, -0.25) is 0 Å². The van der Waals surface area contributed by atoms with Gasteiger partial charge in [-0.2, -0.15) is 8.42 Å². The predicted octanol–water partition coefficient (Wildman–Crippen LogP) is 2.30. The van der Waals surface area contributed by atoms with Crippen LogP contribution in [0.4, 0.5) is 0 Å². The molecule has 0 unspecified atom stereocenters. The molecule has 20 heavy (non-hydrogen) atoms. The van der Waals surface area contributed by atoms with E-state index in [1.54, 1.807) is 36.4 Å². The summed E-state index contributed by atoms with van der Waals surface area (Å²) in [5.41, 5.74) is 1.63. The number of aryl methyl sites for hydroxylation is 1. The molecule has 0 saturated heterocycles. The summed E-state index contributed by atoms with van der Waals surface area (Å²) >= 11 is 0. The SMILES string of the molecule is Cc1ccc(S(=O)(=O)Oc2ccccc2CCO)cc1. The van der Waals surface area contributed by atoms with E-state index in [1.807, 2.05) is 6.92 Å². The maximum Gasteiger partial charge on any atom is 0.339 e. The zero-order valence-electron chi connectivity index (χ0n) is 11.1. The Hall–Kier alpha value is -1.85. The average Bonchev–Trinajstić information content (AvgIpc) is 2.41. The smallest absolute Gasteiger partial charge is 0.339 e. The molecule has 5 heteroatoms. The molecule has 0 aliphatic rings. The van der Waals surface area contributed by atoms with Crippen LogP contribution in [0.1, 0.15) is 11.1 Å². The van der Waals surface area contributed by atoms with Crippen molar-refractivity contribution in [2.24, 2.45) is 0 Å². The Bertz CT molecular complexity index is 675. The third kappa shape index (κ3) is 3.37. The van der Waals surface area contributed by atoms with Gasteiger partial charge in [0.15, 0.2) is 0 Å². The van der Waals surface area contributed by atoms with Crippen molar-refractivity contribution < 1.29 is 17.7 Å². The third-order valence-electron chi connectivity index (χ3n) is 2.86. The maximum atomic E-state index is 12.2. The van der Waals surface area contributed by atoms with E-state index in [1.165, 1.54) is 12.1 Å². The van der Waals surface area contributed by atoms with E-state index in [-0.39, 0.29) is 17.3 Å². The number of hydrogen-bond donors (Lipinski definition) is 1. The van der Waals surface area contributed by atoms with Crippen molar-refractivity contribution >= 4 is 10.1 Å². The zero-order valence-corrected chi connectivity index (χ0v) is 11.9. The second-order valence-electron chi connectivity index (χ2n) is 4.43. The van der Waals surface area contributed by atoms with Gasteiger partial charge >= 0.3 is 10.1 Å². The van der Waals surface area contributed by atoms with E-state index in [2.05, 4.69) is 0 Å². The number of hydrogen-bond acceptors (Lipinski definition) is 4. The van der Waals surface area contributed by atoms with Crippen molar-refractivity contribution in [1.29, 1.82) is 0 Å². The van der Waals surface area contributed by atoms with Crippen LogP contribution in [0.25, 0.3) is 0 Å². The Labute approximate surface area is 118 Å². The molecule has 0 amide bonds. The molecule has 0 aliphatic heterocycles. The number of aliphatic hydroxyl groups is 1. The van der Waals surface area contributed by atoms with Crippen LogP contribution in [0.5, 0.6) is 5.75 Å². The monoisotopic (exact) mass is 292 g/mol. The van der Waals surface area contributed by atoms with Crippen LogP contribution in [0, 0.1) is 6.92 Å². The van der Waals surface area contributed by atoms with Gasteiger partial charge in [0.25, 0.3) is 0 Å². The highest BCUT2D eigenvalue weighted by atomic mass is 32.2. The van der Waals surface area contributed by atoms with Crippen molar-refractivity contribution in [1.82, 2.24) is 0 Å². The minimum absolute atomic E-state index is 0.0645. The standard InChI is InChI=1S/C15H16O4S/c1-12-6-8-14(9-7-12)20(17,18)19-15-5-3-2-4-13(15)10-11-16/h2-9,16H,10-11H2,1H3. The van der Waals surface area contributed by atoms with Gasteiger partial charge in [0.2, 0.25) is 0 Å². The predicted molar refractivity (Wildman–Crippen MR) is 76.2 cm³/mol. The summed E-state index contributed by atoms with van der Waals surface area (Å²) in [6, 6.07) is 13.2. The van der Waals surface area contributed by atoms with E-state index >= 15 is 0 Å². The normalized spacial score (nSPS) is 11.3. The quantitative estimate of drug-likeness (QED) is 0.859. The molecule has 0 saturated carbocycles. The van der Waals surface area contributed by atoms with E-state index < -0.39 is 10.1 Å². The van der Waals surface area contributed by atoms with E-state index in [0.29, 0.717) is 12.0 Å². The van der Waals surface area contributed by atoms with Gasteiger partial charge in [0.05, 0.1) is 0 Å². The molecular weight excluding hydrogens is 276 g/mol. The summed E-state index contributed by atoms with van der Waals surface area (Å²) in [5.74, 6) is 0.252. The molecule has 0 atom stereocenters. The summed E-state index contributed by atoms with van der Waals surface area (Å²) in [6.07, 6.45) is 0.347. The minimum atomic E-state index is -3.85. The largest absolute Gasteiger partial charge is 0.396 e. The molecular formula is C15H16O4S. The second-order valence-corrected chi connectivity index (χ2v) is 5.98. The van der Waals surface area contributed by atoms with Gasteiger partial charge in [-0.25, -0.2) is 0 Å². The fourth-order valence-electron chi connectivity index (χ4n) is 1.78. The molecule has 0 spiro atoms. The van der Waals surface area contributed by atoms with Gasteiger partial charge in [0.1, 0.15) is 10.6 Å². The van der Waals surface area contributed by atoms with Crippen molar-refractivity contribution in [3.8, 4) is 5.75 Å². The Morgan fingerprint density at radius 1 is 1.05 bits per heavy atom. The lowest BCUT2D eigenvalue weighted by atomic mass is 10.1. The Kier molecular flexibility index (Phi) is 4.42. The first kappa shape index (κ1) is 14.6. The van der Waals surface area contributed by atoms with Crippen LogP contribution in [0.15, 0.2) is 53.4 Å². The van der Waals surface area contributed by atoms with Gasteiger partial charge in [-0.05, 0) is 37.1 Å². The molecule has 0 fully saturated rings. The fourth-order valence-corrected chi connectivity index (χ4v) is 2.75. The summed E-state index contributed by atoms with van der Waals surface area (Å²) in [7, 11) is -3.85. The van der Waals surface area contributed by atoms with Crippen molar-refractivity contribution in [2.45, 2.75) is 18.2 Å². The van der Waals surface area contributed by atoms with E-state index in [4.69, 9.17) is 9.29 Å². The molecule has 2 aromatic rings. The number of para-hydroxylation sites is 1. The Morgan fingerprint density at radius 2 is 1.70 bits per heavy atom. The van der Waals surface area contributed by atoms with Gasteiger partial charge in [0, 0.05) is 6.61 Å². The van der Waals surface area contributed by atoms with Gasteiger partial charge in [-0.15, -0.1) is 0 Å². The van der Waals surface area contributed by atoms with Gasteiger partial charge in [-0.1, -0.05) is 35.9 Å². The van der Waals surface area contributed by atoms with Crippen molar-refractivity contribution in [2.75, 3.05) is 6.61 Å². The van der Waals surface area contributed by atoms with Crippen LogP contribution < -0.4 is 4.18 Å². The third-order valence-corrected chi connectivity index (χ3v) is 4.11. The molecule has 0 radical (unpaired) electrons. The molecule has 2 aromatic carbocycles. The molecule has 0 heterocycles. The number of benzene rings is 2. The lowest BCUT2D eigenvalue weighted by Crippen LogP contribution is -2.11. The van der Waals surface area contributed by atoms with E-state index in [9.17, 15) is 8.42 Å². The highest BCUT2D eigenvalue weighted by Crippen LogP contribution is 2.23. The summed E-state index contributed by atoms with van der Waals surface area (Å²) in [6.45, 7) is 1.82. The zero-order chi connectivity index (χ0) is 14.6. The maximum absolute atomic E-state index is 12.2. The molecule has 2 rings (SSSR count). The lowest BCUT2D eigenvalue weighted by molar-refractivity contribution is 0.298. The highest BCUT2D eigenvalue weighted by Gasteiger charge is 2.17. The average molecular weight is 292 g/mol. The first-order chi connectivity index (χ1) is 9.53. The number of rotatable bonds is 5. The molecule has 1 N–H and O–H groups in total. The molecule has 0 aromatic heterocycles. The molecule has 4 nitrogen and oxygen atoms in total. The first-order valence-corrected chi connectivity index (χ1v) is 7.63. The van der Waals surface area contributed by atoms with E-state index in [0.717, 1.165) is 5.56 Å². The minimum Gasteiger partial charge on any atom is -0.396 e. The Balaban J connectivity index is 2.31. The molecule has 0 aliphatic carbocycles. The van der Waals surface area contributed by atoms with Crippen LogP contribution in [0.2, 0.25) is 0 Å². The van der Waals surface area contributed by atoms with Gasteiger partial charge < -0.3 is 9.29 Å². The second kappa shape index (κ2) is 6.07. The number of aliphatic hydroxyl groups excluding tert-OH is 1. The van der Waals surface area contributed by atoms with Crippen molar-refractivity contribution in [3.05, 3.63) is 59.7 Å². The van der Waals surface area contributed by atoms with Crippen LogP contribution in [0.3, 0.4) is 0 Å². The fraction of sp³-hybridized carbons (Fsp3) is 0.200. The Morgan fingerprint density at radius 3 is 2.35 bits per heavy atom. The topological polar surface area (TPSA) is 63.6 Å². The lowest BCUT2D eigenvalue weighted by Gasteiger charge is -2.10. The highest BCUT2D eigenvalue weighted by molar-refractivity contribution is 7.87. The summed E-state index contributed by atoms with van der Waals surface area (Å²) < 4.78 is 29.5.